The maximum Gasteiger partial charge on any atom is 0.419 e. The molecule has 8 heteroatoms. The van der Waals surface area contributed by atoms with Gasteiger partial charge in [0.05, 0.1) is 13.7 Å². The molecule has 1 unspecified atom stereocenters. The molecule has 0 aromatic heterocycles. The normalized spacial score (nSPS) is 21.5. The van der Waals surface area contributed by atoms with Gasteiger partial charge in [0.1, 0.15) is 0 Å². The smallest absolute Gasteiger partial charge is 0.419 e. The predicted molar refractivity (Wildman–Crippen MR) is 75.2 cm³/mol. The van der Waals surface area contributed by atoms with E-state index in [0.29, 0.717) is 6.42 Å². The van der Waals surface area contributed by atoms with E-state index in [-0.39, 0.29) is 24.5 Å². The van der Waals surface area contributed by atoms with Gasteiger partial charge in [-0.1, -0.05) is 6.07 Å². The number of hydrogen-bond acceptors (Lipinski definition) is 4. The minimum atomic E-state index is -4.74. The van der Waals surface area contributed by atoms with Gasteiger partial charge in [-0.05, 0) is 24.1 Å². The summed E-state index contributed by atoms with van der Waals surface area (Å²) in [6.45, 7) is -0.845. The van der Waals surface area contributed by atoms with Crippen LogP contribution < -0.4 is 4.74 Å². The summed E-state index contributed by atoms with van der Waals surface area (Å²) in [5, 5.41) is 19.1. The lowest BCUT2D eigenvalue weighted by Crippen LogP contribution is -2.48. The van der Waals surface area contributed by atoms with E-state index < -0.39 is 30.7 Å². The summed E-state index contributed by atoms with van der Waals surface area (Å²) in [5.74, 6) is -0.211. The Kier molecular flexibility index (Phi) is 4.74. The van der Waals surface area contributed by atoms with Crippen LogP contribution in [0, 0.1) is 0 Å². The van der Waals surface area contributed by atoms with E-state index in [1.807, 2.05) is 0 Å². The van der Waals surface area contributed by atoms with Crippen LogP contribution in [0.1, 0.15) is 18.4 Å². The number of aryl methyl sites for hydroxylation is 1. The number of β-amino-alcohol motifs (C(OH)–C–C–N with tert-alkyl or cyclic N) is 1. The lowest BCUT2D eigenvalue weighted by atomic mass is 10.0. The molecular formula is C15H18F3NO4. The lowest BCUT2D eigenvalue weighted by Gasteiger charge is -2.25. The van der Waals surface area contributed by atoms with Crippen molar-refractivity contribution in [3.8, 4) is 11.5 Å². The molecule has 0 bridgehead atoms. The first-order valence-corrected chi connectivity index (χ1v) is 7.09. The number of aromatic hydroxyl groups is 1. The zero-order valence-corrected chi connectivity index (χ0v) is 12.6. The second-order valence-corrected chi connectivity index (χ2v) is 5.60. The van der Waals surface area contributed by atoms with Crippen molar-refractivity contribution in [3.63, 3.8) is 0 Å². The molecule has 23 heavy (non-hydrogen) atoms. The summed E-state index contributed by atoms with van der Waals surface area (Å²) >= 11 is 0. The fourth-order valence-corrected chi connectivity index (χ4v) is 2.52. The van der Waals surface area contributed by atoms with Crippen LogP contribution >= 0.6 is 0 Å². The Bertz CT molecular complexity index is 591. The number of hydrogen-bond donors (Lipinski definition) is 2. The summed E-state index contributed by atoms with van der Waals surface area (Å²) in [5.41, 5.74) is -2.09. The number of phenolic OH excluding ortho intramolecular Hbond substituents is 1. The van der Waals surface area contributed by atoms with E-state index in [1.165, 1.54) is 13.2 Å². The van der Waals surface area contributed by atoms with E-state index in [9.17, 15) is 28.2 Å². The number of halogens is 3. The van der Waals surface area contributed by atoms with Crippen LogP contribution in [0.5, 0.6) is 11.5 Å². The monoisotopic (exact) mass is 333 g/mol. The lowest BCUT2D eigenvalue weighted by molar-refractivity contribution is -0.253. The third-order valence-corrected chi connectivity index (χ3v) is 4.00. The number of benzene rings is 1. The number of nitrogens with zero attached hydrogens (tertiary/aromatic N) is 1. The van der Waals surface area contributed by atoms with E-state index in [2.05, 4.69) is 0 Å². The molecule has 1 aromatic rings. The van der Waals surface area contributed by atoms with Crippen molar-refractivity contribution in [2.45, 2.75) is 31.0 Å². The van der Waals surface area contributed by atoms with Crippen molar-refractivity contribution in [2.75, 3.05) is 20.2 Å². The highest BCUT2D eigenvalue weighted by atomic mass is 19.4. The van der Waals surface area contributed by atoms with E-state index in [1.54, 1.807) is 12.1 Å². The second-order valence-electron chi connectivity index (χ2n) is 5.60. The number of amides is 1. The average molecular weight is 333 g/mol. The van der Waals surface area contributed by atoms with Crippen LogP contribution in [-0.4, -0.2) is 53.0 Å². The number of rotatable bonds is 4. The Morgan fingerprint density at radius 2 is 2.13 bits per heavy atom. The van der Waals surface area contributed by atoms with Crippen molar-refractivity contribution < 1.29 is 32.9 Å². The fourth-order valence-electron chi connectivity index (χ4n) is 2.52. The van der Waals surface area contributed by atoms with Gasteiger partial charge < -0.3 is 19.8 Å². The number of ether oxygens (including phenoxy) is 1. The predicted octanol–water partition coefficient (Wildman–Crippen LogP) is 1.86. The van der Waals surface area contributed by atoms with Crippen LogP contribution in [-0.2, 0) is 11.2 Å². The number of methoxy groups -OCH3 is 1. The van der Waals surface area contributed by atoms with Gasteiger partial charge in [0, 0.05) is 19.4 Å². The Morgan fingerprint density at radius 3 is 2.70 bits per heavy atom. The van der Waals surface area contributed by atoms with Crippen LogP contribution in [0.2, 0.25) is 0 Å². The molecule has 0 aliphatic carbocycles. The Labute approximate surface area is 131 Å². The van der Waals surface area contributed by atoms with Gasteiger partial charge in [0.25, 0.3) is 0 Å². The van der Waals surface area contributed by atoms with Gasteiger partial charge in [-0.2, -0.15) is 13.2 Å². The third-order valence-electron chi connectivity index (χ3n) is 4.00. The molecule has 1 aromatic carbocycles. The minimum absolute atomic E-state index is 0.0157. The van der Waals surface area contributed by atoms with E-state index in [4.69, 9.17) is 4.74 Å². The van der Waals surface area contributed by atoms with Gasteiger partial charge in [0.15, 0.2) is 17.1 Å². The quantitative estimate of drug-likeness (QED) is 0.882. The number of alkyl halides is 3. The molecule has 0 saturated carbocycles. The largest absolute Gasteiger partial charge is 0.504 e. The number of phenols is 1. The third kappa shape index (κ3) is 3.69. The molecule has 0 radical (unpaired) electrons. The molecular weight excluding hydrogens is 315 g/mol. The van der Waals surface area contributed by atoms with Crippen LogP contribution in [0.3, 0.4) is 0 Å². The van der Waals surface area contributed by atoms with Gasteiger partial charge in [-0.25, -0.2) is 0 Å². The molecule has 0 spiro atoms. The number of carbonyl (C=O) groups is 1. The molecule has 2 N–H and O–H groups in total. The van der Waals surface area contributed by atoms with Crippen LogP contribution in [0.4, 0.5) is 13.2 Å². The zero-order chi connectivity index (χ0) is 17.3. The van der Waals surface area contributed by atoms with Gasteiger partial charge in [0.2, 0.25) is 5.91 Å². The van der Waals surface area contributed by atoms with Crippen LogP contribution in [0.25, 0.3) is 0 Å². The molecule has 5 nitrogen and oxygen atoms in total. The summed E-state index contributed by atoms with van der Waals surface area (Å²) in [7, 11) is 1.40. The average Bonchev–Trinajstić information content (AvgIpc) is 2.90. The Balaban J connectivity index is 1.94. The van der Waals surface area contributed by atoms with E-state index >= 15 is 0 Å². The maximum atomic E-state index is 12.7. The summed E-state index contributed by atoms with van der Waals surface area (Å²) < 4.78 is 43.1. The first-order chi connectivity index (χ1) is 10.7. The highest BCUT2D eigenvalue weighted by Gasteiger charge is 2.57. The Morgan fingerprint density at radius 1 is 1.43 bits per heavy atom. The zero-order valence-electron chi connectivity index (χ0n) is 12.6. The standard InChI is InChI=1S/C15H18F3NO4/c1-23-12-8-10(2-4-11(12)20)3-5-13(21)19-7-6-14(22,9-19)15(16,17)18/h2,4,8,20,22H,3,5-7,9H2,1H3. The second kappa shape index (κ2) is 6.27. The van der Waals surface area contributed by atoms with Gasteiger partial charge >= 0.3 is 6.18 Å². The summed E-state index contributed by atoms with van der Waals surface area (Å²) in [4.78, 5) is 13.1. The van der Waals surface area contributed by atoms with Crippen molar-refractivity contribution in [1.29, 1.82) is 0 Å². The highest BCUT2D eigenvalue weighted by molar-refractivity contribution is 5.77. The SMILES string of the molecule is COc1cc(CCC(=O)N2CCC(O)(C(F)(F)F)C2)ccc1O. The topological polar surface area (TPSA) is 70.0 Å². The van der Waals surface area contributed by atoms with E-state index in [0.717, 1.165) is 10.5 Å². The summed E-state index contributed by atoms with van der Waals surface area (Å²) in [6, 6.07) is 4.61. The number of aliphatic hydroxyl groups is 1. The van der Waals surface area contributed by atoms with Crippen molar-refractivity contribution in [1.82, 2.24) is 4.90 Å². The van der Waals surface area contributed by atoms with Gasteiger partial charge in [-0.3, -0.25) is 4.79 Å². The molecule has 1 aliphatic heterocycles. The molecule has 128 valence electrons. The highest BCUT2D eigenvalue weighted by Crippen LogP contribution is 2.37. The molecule has 1 fully saturated rings. The molecule has 1 atom stereocenters. The summed E-state index contributed by atoms with van der Waals surface area (Å²) in [6.07, 6.45) is -4.93. The Hall–Kier alpha value is -1.96. The maximum absolute atomic E-state index is 12.7. The molecule has 2 rings (SSSR count). The van der Waals surface area contributed by atoms with Crippen molar-refractivity contribution >= 4 is 5.91 Å². The first-order valence-electron chi connectivity index (χ1n) is 7.09. The number of carbonyl (C=O) groups excluding carboxylic acids is 1. The number of likely N-dealkylation sites (tertiary alicyclic amines) is 1. The molecule has 1 aliphatic rings. The molecule has 1 saturated heterocycles. The fraction of sp³-hybridized carbons (Fsp3) is 0.533. The molecule has 1 amide bonds. The molecule has 1 heterocycles. The van der Waals surface area contributed by atoms with Crippen molar-refractivity contribution in [2.24, 2.45) is 0 Å². The first kappa shape index (κ1) is 17.4. The van der Waals surface area contributed by atoms with Crippen molar-refractivity contribution in [3.05, 3.63) is 23.8 Å². The van der Waals surface area contributed by atoms with Gasteiger partial charge in [-0.15, -0.1) is 0 Å². The van der Waals surface area contributed by atoms with Crippen LogP contribution in [0.15, 0.2) is 18.2 Å². The minimum Gasteiger partial charge on any atom is -0.504 e.